The fourth-order valence-electron chi connectivity index (χ4n) is 6.59. The maximum atomic E-state index is 14.7. The van der Waals surface area contributed by atoms with Crippen LogP contribution in [0.25, 0.3) is 0 Å². The minimum Gasteiger partial charge on any atom is -0.493 e. The molecule has 10 heteroatoms. The molecule has 0 aliphatic carbocycles. The Kier molecular flexibility index (Phi) is 8.75. The van der Waals surface area contributed by atoms with Gasteiger partial charge >= 0.3 is 6.09 Å². The van der Waals surface area contributed by atoms with Crippen LogP contribution in [-0.2, 0) is 14.3 Å². The van der Waals surface area contributed by atoms with Crippen molar-refractivity contribution in [3.05, 3.63) is 65.7 Å². The lowest BCUT2D eigenvalue weighted by molar-refractivity contribution is -0.150. The fraction of sp³-hybridized carbons (Fsp3) is 0.531. The number of piperazine rings is 1. The van der Waals surface area contributed by atoms with E-state index in [0.29, 0.717) is 44.8 Å². The predicted octanol–water partition coefficient (Wildman–Crippen LogP) is 3.84. The third-order valence-electron chi connectivity index (χ3n) is 8.48. The van der Waals surface area contributed by atoms with Gasteiger partial charge in [0.15, 0.2) is 0 Å². The number of carbonyl (C=O) groups excluding carboxylic acids is 2. The van der Waals surface area contributed by atoms with E-state index in [1.165, 1.54) is 4.90 Å². The summed E-state index contributed by atoms with van der Waals surface area (Å²) in [4.78, 5) is 46.5. The Balaban J connectivity index is 1.49. The van der Waals surface area contributed by atoms with E-state index in [-0.39, 0.29) is 24.1 Å². The van der Waals surface area contributed by atoms with Crippen LogP contribution in [0.5, 0.6) is 5.75 Å². The number of amides is 3. The third-order valence-corrected chi connectivity index (χ3v) is 8.48. The van der Waals surface area contributed by atoms with Crippen LogP contribution < -0.4 is 10.1 Å². The molecule has 2 saturated heterocycles. The summed E-state index contributed by atoms with van der Waals surface area (Å²) in [6.45, 7) is 9.72. The van der Waals surface area contributed by atoms with Crippen molar-refractivity contribution < 1.29 is 29.0 Å². The number of fused-ring (bicyclic) bond motifs is 2. The molecule has 3 heterocycles. The van der Waals surface area contributed by atoms with Gasteiger partial charge in [-0.15, -0.1) is 0 Å². The number of rotatable bonds is 7. The summed E-state index contributed by atoms with van der Waals surface area (Å²) < 4.78 is 11.7. The maximum Gasteiger partial charge on any atom is 0.408 e. The maximum absolute atomic E-state index is 14.7. The van der Waals surface area contributed by atoms with Crippen LogP contribution in [0, 0.1) is 0 Å². The molecule has 0 unspecified atom stereocenters. The summed E-state index contributed by atoms with van der Waals surface area (Å²) in [6, 6.07) is 14.5. The summed E-state index contributed by atoms with van der Waals surface area (Å²) in [5, 5.41) is 13.6. The molecular weight excluding hydrogens is 536 g/mol. The molecule has 0 saturated carbocycles. The summed E-state index contributed by atoms with van der Waals surface area (Å²) in [7, 11) is 0. The zero-order chi connectivity index (χ0) is 30.0. The van der Waals surface area contributed by atoms with Gasteiger partial charge in [0.1, 0.15) is 17.8 Å². The van der Waals surface area contributed by atoms with E-state index in [1.807, 2.05) is 37.3 Å². The van der Waals surface area contributed by atoms with E-state index in [9.17, 15) is 19.5 Å². The smallest absolute Gasteiger partial charge is 0.408 e. The van der Waals surface area contributed by atoms with Gasteiger partial charge < -0.3 is 24.8 Å². The van der Waals surface area contributed by atoms with E-state index in [2.05, 4.69) is 10.2 Å². The predicted molar refractivity (Wildman–Crippen MR) is 157 cm³/mol. The van der Waals surface area contributed by atoms with Gasteiger partial charge in [-0.2, -0.15) is 0 Å². The number of ether oxygens (including phenoxy) is 2. The van der Waals surface area contributed by atoms with E-state index in [4.69, 9.17) is 9.47 Å². The van der Waals surface area contributed by atoms with Crippen molar-refractivity contribution in [1.29, 1.82) is 0 Å². The topological polar surface area (TPSA) is 112 Å². The van der Waals surface area contributed by atoms with Gasteiger partial charge in [-0.25, -0.2) is 4.79 Å². The Hall–Kier alpha value is -3.63. The molecule has 2 N–H and O–H groups in total. The molecule has 0 radical (unpaired) electrons. The Morgan fingerprint density at radius 3 is 2.48 bits per heavy atom. The number of nitrogens with one attached hydrogen (secondary N) is 1. The molecule has 3 aliphatic rings. The SMILES string of the molecule is CCO[C@@H]1C[C@@H]2CN(C(=O)[C@H](c3ccccc3)N(C(=O)O)C(C)(C)C)[C@H](C(=O)N[C@@H]3CCOc4ccccc43)CN2C1. The molecular formula is C32H42N4O6. The Bertz CT molecular complexity index is 1280. The minimum atomic E-state index is -1.19. The molecule has 0 bridgehead atoms. The lowest BCUT2D eigenvalue weighted by Crippen LogP contribution is -2.65. The summed E-state index contributed by atoms with van der Waals surface area (Å²) >= 11 is 0. The van der Waals surface area contributed by atoms with Gasteiger partial charge in [0.2, 0.25) is 5.91 Å². The summed E-state index contributed by atoms with van der Waals surface area (Å²) in [5.74, 6) is 0.0922. The second kappa shape index (κ2) is 12.3. The standard InChI is InChI=1S/C32H42N4O6/c1-5-41-23-17-22-18-35(30(38)28(21-11-7-6-8-12-21)36(31(39)40)32(2,3)4)26(20-34(22)19-23)29(37)33-25-15-16-42-27-14-10-9-13-24(25)27/h6-14,22-23,25-26,28H,5,15-20H2,1-4H3,(H,33,37)(H,39,40)/t22-,23-,25-,26+,28+/m1/s1. The molecule has 2 fully saturated rings. The number of carbonyl (C=O) groups is 3. The van der Waals surface area contributed by atoms with Gasteiger partial charge in [0.25, 0.3) is 5.91 Å². The summed E-state index contributed by atoms with van der Waals surface area (Å²) in [5.41, 5.74) is 0.604. The van der Waals surface area contributed by atoms with Gasteiger partial charge in [0.05, 0.1) is 18.8 Å². The average molecular weight is 579 g/mol. The molecule has 5 rings (SSSR count). The molecule has 42 heavy (non-hydrogen) atoms. The van der Waals surface area contributed by atoms with Crippen molar-refractivity contribution >= 4 is 17.9 Å². The molecule has 3 amide bonds. The highest BCUT2D eigenvalue weighted by Crippen LogP contribution is 2.35. The molecule has 3 aliphatic heterocycles. The Morgan fingerprint density at radius 1 is 1.07 bits per heavy atom. The van der Waals surface area contributed by atoms with Gasteiger partial charge in [0, 0.05) is 49.8 Å². The van der Waals surface area contributed by atoms with Crippen molar-refractivity contribution in [3.63, 3.8) is 0 Å². The number of hydrogen-bond acceptors (Lipinski definition) is 6. The van der Waals surface area contributed by atoms with Crippen molar-refractivity contribution in [2.45, 2.75) is 76.3 Å². The van der Waals surface area contributed by atoms with Crippen molar-refractivity contribution in [2.24, 2.45) is 0 Å². The number of nitrogens with zero attached hydrogens (tertiary/aromatic N) is 3. The van der Waals surface area contributed by atoms with E-state index >= 15 is 0 Å². The van der Waals surface area contributed by atoms with Crippen molar-refractivity contribution in [3.8, 4) is 5.75 Å². The lowest BCUT2D eigenvalue weighted by atomic mass is 9.95. The van der Waals surface area contributed by atoms with Gasteiger partial charge in [-0.05, 0) is 45.7 Å². The first-order valence-corrected chi connectivity index (χ1v) is 14.8. The molecule has 2 aromatic carbocycles. The molecule has 5 atom stereocenters. The van der Waals surface area contributed by atoms with E-state index < -0.39 is 29.6 Å². The monoisotopic (exact) mass is 578 g/mol. The average Bonchev–Trinajstić information content (AvgIpc) is 3.36. The Labute approximate surface area is 247 Å². The Morgan fingerprint density at radius 2 is 1.79 bits per heavy atom. The van der Waals surface area contributed by atoms with Crippen LogP contribution in [0.1, 0.15) is 63.7 Å². The lowest BCUT2D eigenvalue weighted by Gasteiger charge is -2.46. The summed E-state index contributed by atoms with van der Waals surface area (Å²) in [6.07, 6.45) is 0.194. The van der Waals surface area contributed by atoms with Crippen molar-refractivity contribution in [1.82, 2.24) is 20.0 Å². The fourth-order valence-corrected chi connectivity index (χ4v) is 6.59. The zero-order valence-electron chi connectivity index (χ0n) is 24.9. The van der Waals surface area contributed by atoms with Crippen LogP contribution in [0.2, 0.25) is 0 Å². The normalized spacial score (nSPS) is 24.6. The van der Waals surface area contributed by atoms with Gasteiger partial charge in [-0.1, -0.05) is 48.5 Å². The molecule has 226 valence electrons. The number of benzene rings is 2. The second-order valence-corrected chi connectivity index (χ2v) is 12.3. The van der Waals surface area contributed by atoms with Crippen LogP contribution in [0.3, 0.4) is 0 Å². The second-order valence-electron chi connectivity index (χ2n) is 12.3. The van der Waals surface area contributed by atoms with E-state index in [0.717, 1.165) is 17.7 Å². The molecule has 0 aromatic heterocycles. The third kappa shape index (κ3) is 6.10. The quantitative estimate of drug-likeness (QED) is 0.514. The number of para-hydroxylation sites is 1. The number of carboxylic acid groups (broad SMARTS) is 1. The zero-order valence-corrected chi connectivity index (χ0v) is 24.9. The van der Waals surface area contributed by atoms with Gasteiger partial charge in [-0.3, -0.25) is 19.4 Å². The first kappa shape index (κ1) is 29.8. The van der Waals surface area contributed by atoms with Crippen LogP contribution in [0.15, 0.2) is 54.6 Å². The van der Waals surface area contributed by atoms with Crippen molar-refractivity contribution in [2.75, 3.05) is 32.8 Å². The largest absolute Gasteiger partial charge is 0.493 e. The van der Waals surface area contributed by atoms with E-state index in [1.54, 1.807) is 49.9 Å². The van der Waals surface area contributed by atoms with Crippen LogP contribution in [0.4, 0.5) is 4.79 Å². The minimum absolute atomic E-state index is 0.0164. The number of hydrogen-bond donors (Lipinski definition) is 2. The highest BCUT2D eigenvalue weighted by Gasteiger charge is 2.49. The highest BCUT2D eigenvalue weighted by molar-refractivity contribution is 5.92. The van der Waals surface area contributed by atoms with Crippen LogP contribution in [-0.4, -0.2) is 94.3 Å². The molecule has 0 spiro atoms. The van der Waals surface area contributed by atoms with Crippen LogP contribution >= 0.6 is 0 Å². The molecule has 10 nitrogen and oxygen atoms in total. The first-order valence-electron chi connectivity index (χ1n) is 14.8. The highest BCUT2D eigenvalue weighted by atomic mass is 16.5. The first-order chi connectivity index (χ1) is 20.1. The molecule has 2 aromatic rings.